The fourth-order valence-electron chi connectivity index (χ4n) is 5.83. The lowest BCUT2D eigenvalue weighted by Gasteiger charge is -2.36. The third-order valence-electron chi connectivity index (χ3n) is 7.48. The van der Waals surface area contributed by atoms with Gasteiger partial charge in [-0.1, -0.05) is 62.9 Å². The summed E-state index contributed by atoms with van der Waals surface area (Å²) in [5.74, 6) is 2.51. The fraction of sp³-hybridized carbons (Fsp3) is 0.552. The third-order valence-corrected chi connectivity index (χ3v) is 7.48. The van der Waals surface area contributed by atoms with E-state index in [1.807, 2.05) is 24.3 Å². The number of hydrogen-bond acceptors (Lipinski definition) is 3. The Labute approximate surface area is 199 Å². The number of piperidine rings is 1. The van der Waals surface area contributed by atoms with E-state index in [4.69, 9.17) is 4.74 Å². The van der Waals surface area contributed by atoms with Crippen molar-refractivity contribution in [3.8, 4) is 5.75 Å². The molecule has 1 saturated carbocycles. The Bertz CT molecular complexity index is 890. The highest BCUT2D eigenvalue weighted by Crippen LogP contribution is 2.40. The zero-order chi connectivity index (χ0) is 23.3. The highest BCUT2D eigenvalue weighted by molar-refractivity contribution is 5.99. The molecule has 1 amide bonds. The number of carbonyl (C=O) groups is 1. The first kappa shape index (κ1) is 23.8. The Kier molecular flexibility index (Phi) is 7.75. The average Bonchev–Trinajstić information content (AvgIpc) is 2.80. The first-order chi connectivity index (χ1) is 15.9. The molecule has 4 rings (SSSR count). The quantitative estimate of drug-likeness (QED) is 0.549. The van der Waals surface area contributed by atoms with Crippen LogP contribution in [-0.4, -0.2) is 37.0 Å². The predicted octanol–water partition coefficient (Wildman–Crippen LogP) is 6.19. The van der Waals surface area contributed by atoms with E-state index in [9.17, 15) is 4.79 Å². The van der Waals surface area contributed by atoms with E-state index in [2.05, 4.69) is 55.3 Å². The number of nitrogens with one attached hydrogen (secondary N) is 1. The van der Waals surface area contributed by atoms with Gasteiger partial charge >= 0.3 is 0 Å². The number of carbonyl (C=O) groups excluding carboxylic acids is 1. The normalized spacial score (nSPS) is 23.1. The largest absolute Gasteiger partial charge is 0.492 e. The molecule has 0 bridgehead atoms. The Morgan fingerprint density at radius 3 is 2.24 bits per heavy atom. The third kappa shape index (κ3) is 5.97. The summed E-state index contributed by atoms with van der Waals surface area (Å²) in [5, 5.41) is 3.21. The summed E-state index contributed by atoms with van der Waals surface area (Å²) in [7, 11) is 0. The molecule has 0 spiro atoms. The number of ether oxygens (including phenoxy) is 1. The van der Waals surface area contributed by atoms with E-state index in [1.54, 1.807) is 0 Å². The summed E-state index contributed by atoms with van der Waals surface area (Å²) < 4.78 is 6.00. The number of aryl methyl sites for hydroxylation is 1. The van der Waals surface area contributed by atoms with Crippen LogP contribution >= 0.6 is 0 Å². The van der Waals surface area contributed by atoms with Crippen molar-refractivity contribution in [2.24, 2.45) is 11.8 Å². The van der Waals surface area contributed by atoms with Crippen LogP contribution in [0.3, 0.4) is 0 Å². The molecule has 0 radical (unpaired) electrons. The molecule has 2 aromatic rings. The highest BCUT2D eigenvalue weighted by atomic mass is 16.5. The van der Waals surface area contributed by atoms with Crippen LogP contribution in [0.5, 0.6) is 5.75 Å². The summed E-state index contributed by atoms with van der Waals surface area (Å²) in [5.41, 5.74) is 2.78. The van der Waals surface area contributed by atoms with Crippen LogP contribution in [0.1, 0.15) is 63.5 Å². The van der Waals surface area contributed by atoms with Crippen LogP contribution in [0.25, 0.3) is 0 Å². The smallest absolute Gasteiger partial charge is 0.235 e. The van der Waals surface area contributed by atoms with Gasteiger partial charge in [-0.25, -0.2) is 0 Å². The van der Waals surface area contributed by atoms with Crippen molar-refractivity contribution >= 4 is 11.6 Å². The van der Waals surface area contributed by atoms with Gasteiger partial charge in [0.2, 0.25) is 5.91 Å². The zero-order valence-corrected chi connectivity index (χ0v) is 20.6. The van der Waals surface area contributed by atoms with Crippen LogP contribution in [0.2, 0.25) is 0 Å². The second kappa shape index (κ2) is 10.7. The topological polar surface area (TPSA) is 41.6 Å². The van der Waals surface area contributed by atoms with E-state index in [-0.39, 0.29) is 5.91 Å². The van der Waals surface area contributed by atoms with Crippen molar-refractivity contribution in [3.05, 3.63) is 59.7 Å². The second-order valence-corrected chi connectivity index (χ2v) is 10.5. The number of rotatable bonds is 7. The molecule has 4 nitrogen and oxygen atoms in total. The Balaban J connectivity index is 1.34. The molecular formula is C29H40N2O2. The Hall–Kier alpha value is -2.33. The van der Waals surface area contributed by atoms with E-state index in [0.717, 1.165) is 61.1 Å². The van der Waals surface area contributed by atoms with Gasteiger partial charge in [0, 0.05) is 25.3 Å². The van der Waals surface area contributed by atoms with Gasteiger partial charge < -0.3 is 10.1 Å². The van der Waals surface area contributed by atoms with Crippen LogP contribution in [0.4, 0.5) is 5.69 Å². The van der Waals surface area contributed by atoms with Crippen molar-refractivity contribution < 1.29 is 9.53 Å². The summed E-state index contributed by atoms with van der Waals surface area (Å²) in [6.45, 7) is 10.8. The molecule has 1 aliphatic carbocycles. The maximum Gasteiger partial charge on any atom is 0.235 e. The summed E-state index contributed by atoms with van der Waals surface area (Å²) in [4.78, 5) is 16.0. The summed E-state index contributed by atoms with van der Waals surface area (Å²) >= 11 is 0. The standard InChI is InChI=1S/C29H40N2O2/c1-22-7-9-25(10-8-22)29(15-5-4-6-16-29)28(32)30-26-11-13-27(14-12-26)33-18-17-31-20-23(2)19-24(3)21-31/h7-14,23-24H,4-6,15-21H2,1-3H3,(H,30,32)/t23-,24-/m0/s1. The van der Waals surface area contributed by atoms with Gasteiger partial charge in [-0.05, 0) is 67.9 Å². The van der Waals surface area contributed by atoms with E-state index < -0.39 is 5.41 Å². The molecule has 2 aliphatic rings. The molecule has 1 aliphatic heterocycles. The van der Waals surface area contributed by atoms with E-state index in [1.165, 1.54) is 31.5 Å². The highest BCUT2D eigenvalue weighted by Gasteiger charge is 2.41. The van der Waals surface area contributed by atoms with Gasteiger partial charge in [-0.2, -0.15) is 0 Å². The lowest BCUT2D eigenvalue weighted by molar-refractivity contribution is -0.122. The Morgan fingerprint density at radius 1 is 0.970 bits per heavy atom. The van der Waals surface area contributed by atoms with Gasteiger partial charge in [0.25, 0.3) is 0 Å². The molecule has 178 valence electrons. The minimum absolute atomic E-state index is 0.119. The fourth-order valence-corrected chi connectivity index (χ4v) is 5.83. The molecule has 1 N–H and O–H groups in total. The average molecular weight is 449 g/mol. The number of nitrogens with zero attached hydrogens (tertiary/aromatic N) is 1. The first-order valence-electron chi connectivity index (χ1n) is 12.8. The first-order valence-corrected chi connectivity index (χ1v) is 12.8. The van der Waals surface area contributed by atoms with E-state index in [0.29, 0.717) is 6.61 Å². The molecule has 33 heavy (non-hydrogen) atoms. The number of benzene rings is 2. The SMILES string of the molecule is Cc1ccc(C2(C(=O)Nc3ccc(OCCN4C[C@@H](C)C[C@H](C)C4)cc3)CCCCC2)cc1. The Morgan fingerprint density at radius 2 is 1.61 bits per heavy atom. The van der Waals surface area contributed by atoms with Crippen LogP contribution in [-0.2, 0) is 10.2 Å². The number of likely N-dealkylation sites (tertiary alicyclic amines) is 1. The minimum atomic E-state index is -0.427. The number of hydrogen-bond donors (Lipinski definition) is 1. The predicted molar refractivity (Wildman–Crippen MR) is 136 cm³/mol. The van der Waals surface area contributed by atoms with Crippen LogP contribution in [0, 0.1) is 18.8 Å². The molecule has 2 fully saturated rings. The van der Waals surface area contributed by atoms with Crippen molar-refractivity contribution in [3.63, 3.8) is 0 Å². The molecule has 2 aromatic carbocycles. The maximum atomic E-state index is 13.5. The van der Waals surface area contributed by atoms with Crippen molar-refractivity contribution in [2.75, 3.05) is 31.6 Å². The molecule has 4 heteroatoms. The van der Waals surface area contributed by atoms with Gasteiger partial charge in [0.1, 0.15) is 12.4 Å². The molecule has 0 aromatic heterocycles. The molecule has 1 heterocycles. The number of amides is 1. The minimum Gasteiger partial charge on any atom is -0.492 e. The van der Waals surface area contributed by atoms with Gasteiger partial charge in [-0.3, -0.25) is 9.69 Å². The molecular weight excluding hydrogens is 408 g/mol. The molecule has 1 saturated heterocycles. The van der Waals surface area contributed by atoms with Gasteiger partial charge in [0.15, 0.2) is 0 Å². The van der Waals surface area contributed by atoms with Crippen molar-refractivity contribution in [2.45, 2.75) is 64.7 Å². The lowest BCUT2D eigenvalue weighted by atomic mass is 9.68. The molecule has 0 unspecified atom stereocenters. The van der Waals surface area contributed by atoms with Gasteiger partial charge in [-0.15, -0.1) is 0 Å². The van der Waals surface area contributed by atoms with E-state index >= 15 is 0 Å². The summed E-state index contributed by atoms with van der Waals surface area (Å²) in [6, 6.07) is 16.4. The second-order valence-electron chi connectivity index (χ2n) is 10.5. The van der Waals surface area contributed by atoms with Crippen LogP contribution < -0.4 is 10.1 Å². The van der Waals surface area contributed by atoms with Crippen LogP contribution in [0.15, 0.2) is 48.5 Å². The number of anilines is 1. The van der Waals surface area contributed by atoms with Gasteiger partial charge in [0.05, 0.1) is 5.41 Å². The van der Waals surface area contributed by atoms with Crippen molar-refractivity contribution in [1.82, 2.24) is 4.90 Å². The lowest BCUT2D eigenvalue weighted by Crippen LogP contribution is -2.42. The summed E-state index contributed by atoms with van der Waals surface area (Å²) in [6.07, 6.45) is 6.57. The zero-order valence-electron chi connectivity index (χ0n) is 20.6. The molecule has 2 atom stereocenters. The monoisotopic (exact) mass is 448 g/mol. The maximum absolute atomic E-state index is 13.5. The van der Waals surface area contributed by atoms with Crippen molar-refractivity contribution in [1.29, 1.82) is 0 Å².